The summed E-state index contributed by atoms with van der Waals surface area (Å²) in [5.74, 6) is -2.71. The Balaban J connectivity index is 1.42. The zero-order valence-electron chi connectivity index (χ0n) is 33.3. The number of anilines is 4. The Morgan fingerprint density at radius 1 is 0.492 bits per heavy atom. The van der Waals surface area contributed by atoms with Crippen LogP contribution >= 0.6 is 0 Å². The van der Waals surface area contributed by atoms with E-state index >= 15 is 0 Å². The molecular formula is C52H38N2O7. The Morgan fingerprint density at radius 2 is 0.934 bits per heavy atom. The van der Waals surface area contributed by atoms with Gasteiger partial charge in [0.05, 0.1) is 39.4 Å². The van der Waals surface area contributed by atoms with Gasteiger partial charge in [-0.1, -0.05) is 121 Å². The van der Waals surface area contributed by atoms with Crippen molar-refractivity contribution in [2.24, 2.45) is 0 Å². The van der Waals surface area contributed by atoms with Gasteiger partial charge >= 0.3 is 5.97 Å². The molecular weight excluding hydrogens is 765 g/mol. The topological polar surface area (TPSA) is 110 Å². The number of rotatable bonds is 12. The molecule has 1 spiro atoms. The lowest BCUT2D eigenvalue weighted by molar-refractivity contribution is 0.0225. The van der Waals surface area contributed by atoms with E-state index in [-0.39, 0.29) is 39.2 Å². The van der Waals surface area contributed by atoms with Crippen LogP contribution in [0.2, 0.25) is 0 Å². The van der Waals surface area contributed by atoms with Crippen molar-refractivity contribution in [3.63, 3.8) is 0 Å². The number of nitrogens with zero attached hydrogens (tertiary/aromatic N) is 2. The van der Waals surface area contributed by atoms with Gasteiger partial charge < -0.3 is 19.3 Å². The molecule has 9 rings (SSSR count). The number of carbonyl (C=O) groups excluding carboxylic acids is 5. The van der Waals surface area contributed by atoms with Crippen LogP contribution in [-0.4, -0.2) is 42.2 Å². The lowest BCUT2D eigenvalue weighted by Crippen LogP contribution is -2.35. The second kappa shape index (κ2) is 15.7. The third-order valence-electron chi connectivity index (χ3n) is 11.3. The molecule has 7 aromatic rings. The molecule has 298 valence electrons. The van der Waals surface area contributed by atoms with Crippen LogP contribution < -0.4 is 14.5 Å². The molecule has 2 heterocycles. The molecule has 0 aromatic heterocycles. The van der Waals surface area contributed by atoms with Gasteiger partial charge in [0.2, 0.25) is 23.1 Å². The second-order valence-electron chi connectivity index (χ2n) is 14.6. The first-order chi connectivity index (χ1) is 29.8. The lowest BCUT2D eigenvalue weighted by atomic mass is 9.76. The van der Waals surface area contributed by atoms with E-state index < -0.39 is 34.7 Å². The maximum Gasteiger partial charge on any atom is 0.340 e. The van der Waals surface area contributed by atoms with Gasteiger partial charge in [-0.2, -0.15) is 0 Å². The highest BCUT2D eigenvalue weighted by Gasteiger charge is 2.56. The van der Waals surface area contributed by atoms with Crippen molar-refractivity contribution in [3.05, 3.63) is 214 Å². The molecule has 9 heteroatoms. The molecule has 0 atom stereocenters. The number of benzene rings is 7. The minimum absolute atomic E-state index is 0.0307. The largest absolute Gasteiger partial charge is 0.456 e. The zero-order chi connectivity index (χ0) is 42.3. The fourth-order valence-corrected chi connectivity index (χ4v) is 8.51. The van der Waals surface area contributed by atoms with E-state index in [1.165, 1.54) is 0 Å². The monoisotopic (exact) mass is 802 g/mol. The maximum atomic E-state index is 14.7. The highest BCUT2D eigenvalue weighted by Crippen LogP contribution is 2.61. The molecule has 0 saturated heterocycles. The molecule has 0 radical (unpaired) electrons. The highest BCUT2D eigenvalue weighted by molar-refractivity contribution is 6.51. The fraction of sp³-hybridized carbons (Fsp3) is 0.0962. The maximum absolute atomic E-state index is 14.7. The molecule has 0 saturated carbocycles. The van der Waals surface area contributed by atoms with Crippen molar-refractivity contribution in [1.29, 1.82) is 0 Å². The van der Waals surface area contributed by atoms with Crippen LogP contribution in [0.5, 0.6) is 11.5 Å². The van der Waals surface area contributed by atoms with E-state index in [2.05, 4.69) is 4.90 Å². The molecule has 0 unspecified atom stereocenters. The van der Waals surface area contributed by atoms with Crippen LogP contribution in [0.1, 0.15) is 82.3 Å². The van der Waals surface area contributed by atoms with Gasteiger partial charge in [0, 0.05) is 40.9 Å². The molecule has 0 N–H and O–H groups in total. The number of fused-ring (bicyclic) bond motifs is 6. The first-order valence-electron chi connectivity index (χ1n) is 20.1. The summed E-state index contributed by atoms with van der Waals surface area (Å²) < 4.78 is 13.2. The molecule has 2 aliphatic heterocycles. The van der Waals surface area contributed by atoms with Crippen LogP contribution in [0.4, 0.5) is 22.7 Å². The first-order valence-corrected chi connectivity index (χ1v) is 20.1. The summed E-state index contributed by atoms with van der Waals surface area (Å²) in [4.78, 5) is 75.9. The molecule has 2 aliphatic rings. The summed E-state index contributed by atoms with van der Waals surface area (Å²) in [6, 6.07) is 48.3. The van der Waals surface area contributed by atoms with Crippen molar-refractivity contribution in [2.75, 3.05) is 22.9 Å². The minimum atomic E-state index is -1.60. The highest BCUT2D eigenvalue weighted by atomic mass is 16.6. The predicted octanol–water partition coefficient (Wildman–Crippen LogP) is 10.7. The van der Waals surface area contributed by atoms with Gasteiger partial charge in [-0.15, -0.1) is 0 Å². The first kappa shape index (κ1) is 38.6. The SMILES string of the molecule is CCN(CC)c1ccc2c(c1N(c1ccccc1C(=O)C(=O)c1ccccc1)c1ccccc1C(=O)C(=O)c1ccccc1)C1(OC2=O)c2ccccc2Oc2ccccc21. The molecule has 7 aromatic carbocycles. The molecule has 0 amide bonds. The van der Waals surface area contributed by atoms with Crippen LogP contribution in [-0.2, 0) is 10.3 Å². The number of carbonyl (C=O) groups is 5. The predicted molar refractivity (Wildman–Crippen MR) is 233 cm³/mol. The third kappa shape index (κ3) is 6.29. The Bertz CT molecular complexity index is 2750. The average Bonchev–Trinajstić information content (AvgIpc) is 3.61. The van der Waals surface area contributed by atoms with E-state index in [1.807, 2.05) is 68.4 Å². The number of para-hydroxylation sites is 4. The van der Waals surface area contributed by atoms with Gasteiger partial charge in [-0.3, -0.25) is 19.2 Å². The molecule has 9 nitrogen and oxygen atoms in total. The van der Waals surface area contributed by atoms with Gasteiger partial charge in [-0.05, 0) is 62.4 Å². The third-order valence-corrected chi connectivity index (χ3v) is 11.3. The quantitative estimate of drug-likeness (QED) is 0.0677. The summed E-state index contributed by atoms with van der Waals surface area (Å²) in [5.41, 5.74) is 2.16. The number of ether oxygens (including phenoxy) is 2. The number of hydrogen-bond acceptors (Lipinski definition) is 9. The standard InChI is InChI=1S/C52H38N2O7/c1-3-53(4-2)42-32-31-37-45(52(61-51(37)59)38-25-13-17-29-43(38)60-44-30-18-14-26-39(44)52)46(42)54(40-27-15-11-23-35(40)49(57)47(55)33-19-7-5-8-20-33)41-28-16-12-24-36(41)50(58)48(56)34-21-9-6-10-22-34/h5-32H,3-4H2,1-2H3. The van der Waals surface area contributed by atoms with Crippen molar-refractivity contribution < 1.29 is 33.4 Å². The van der Waals surface area contributed by atoms with Crippen LogP contribution in [0.15, 0.2) is 170 Å². The summed E-state index contributed by atoms with van der Waals surface area (Å²) in [6.45, 7) is 5.06. The van der Waals surface area contributed by atoms with E-state index in [0.29, 0.717) is 52.7 Å². The Morgan fingerprint density at radius 3 is 1.43 bits per heavy atom. The summed E-state index contributed by atoms with van der Waals surface area (Å²) >= 11 is 0. The molecule has 0 bridgehead atoms. The van der Waals surface area contributed by atoms with Gasteiger partial charge in [-0.25, -0.2) is 4.79 Å². The summed E-state index contributed by atoms with van der Waals surface area (Å²) in [6.07, 6.45) is 0. The summed E-state index contributed by atoms with van der Waals surface area (Å²) in [7, 11) is 0. The van der Waals surface area contributed by atoms with Crippen molar-refractivity contribution in [1.82, 2.24) is 0 Å². The minimum Gasteiger partial charge on any atom is -0.456 e. The Labute approximate surface area is 352 Å². The fourth-order valence-electron chi connectivity index (χ4n) is 8.51. The van der Waals surface area contributed by atoms with Crippen molar-refractivity contribution in [2.45, 2.75) is 19.4 Å². The molecule has 61 heavy (non-hydrogen) atoms. The average molecular weight is 803 g/mol. The van der Waals surface area contributed by atoms with Crippen LogP contribution in [0, 0.1) is 0 Å². The van der Waals surface area contributed by atoms with E-state index in [9.17, 15) is 24.0 Å². The van der Waals surface area contributed by atoms with Gasteiger partial charge in [0.1, 0.15) is 11.5 Å². The van der Waals surface area contributed by atoms with E-state index in [0.717, 1.165) is 0 Å². The Kier molecular flexibility index (Phi) is 9.93. The molecule has 0 aliphatic carbocycles. The van der Waals surface area contributed by atoms with Crippen LogP contribution in [0.3, 0.4) is 0 Å². The van der Waals surface area contributed by atoms with Gasteiger partial charge in [0.25, 0.3) is 0 Å². The lowest BCUT2D eigenvalue weighted by Gasteiger charge is -2.41. The smallest absolute Gasteiger partial charge is 0.340 e. The number of esters is 1. The Hall–Kier alpha value is -7.91. The number of Topliss-reactive ketones (excluding diaryl/α,β-unsaturated/α-hetero) is 4. The number of hydrogen-bond donors (Lipinski definition) is 0. The normalized spacial score (nSPS) is 12.9. The molecule has 0 fully saturated rings. The second-order valence-corrected chi connectivity index (χ2v) is 14.6. The zero-order valence-corrected chi connectivity index (χ0v) is 33.3. The summed E-state index contributed by atoms with van der Waals surface area (Å²) in [5, 5.41) is 0. The van der Waals surface area contributed by atoms with Crippen LogP contribution in [0.25, 0.3) is 0 Å². The van der Waals surface area contributed by atoms with Crippen molar-refractivity contribution in [3.8, 4) is 11.5 Å². The van der Waals surface area contributed by atoms with Gasteiger partial charge in [0.15, 0.2) is 5.60 Å². The van der Waals surface area contributed by atoms with E-state index in [1.54, 1.807) is 120 Å². The van der Waals surface area contributed by atoms with E-state index in [4.69, 9.17) is 9.47 Å². The van der Waals surface area contributed by atoms with Crippen molar-refractivity contribution >= 4 is 51.9 Å². The number of ketones is 4.